The Hall–Kier alpha value is -2.26. The summed E-state index contributed by atoms with van der Waals surface area (Å²) in [6.07, 6.45) is 8.11. The van der Waals surface area contributed by atoms with Crippen LogP contribution in [0.5, 0.6) is 0 Å². The Bertz CT molecular complexity index is 823. The number of nitrogens with one attached hydrogen (secondary N) is 2. The summed E-state index contributed by atoms with van der Waals surface area (Å²) in [5.41, 5.74) is 1.00. The molecule has 148 valence electrons. The summed E-state index contributed by atoms with van der Waals surface area (Å²) in [5.74, 6) is 7.73. The van der Waals surface area contributed by atoms with Crippen LogP contribution in [0.2, 0.25) is 5.02 Å². The number of aromatic nitrogens is 1. The fourth-order valence-corrected chi connectivity index (χ4v) is 5.99. The lowest BCUT2D eigenvalue weighted by Gasteiger charge is -2.56. The van der Waals surface area contributed by atoms with E-state index in [1.807, 2.05) is 0 Å². The van der Waals surface area contributed by atoms with Crippen LogP contribution in [0.3, 0.4) is 0 Å². The quantitative estimate of drug-likeness (QED) is 0.675. The molecule has 1 aromatic heterocycles. The van der Waals surface area contributed by atoms with E-state index < -0.39 is 6.09 Å². The molecule has 5 rings (SSSR count). The average molecular weight is 402 g/mol. The second kappa shape index (κ2) is 7.63. The Kier molecular flexibility index (Phi) is 5.20. The number of rotatable bonds is 4. The molecule has 7 heteroatoms. The van der Waals surface area contributed by atoms with E-state index in [0.29, 0.717) is 17.8 Å². The van der Waals surface area contributed by atoms with Crippen molar-refractivity contribution in [2.45, 2.75) is 38.5 Å². The summed E-state index contributed by atoms with van der Waals surface area (Å²) in [4.78, 5) is 27.3. The molecule has 2 amide bonds. The minimum atomic E-state index is -1.14. The van der Waals surface area contributed by atoms with E-state index in [0.717, 1.165) is 17.8 Å². The molecule has 6 nitrogen and oxygen atoms in total. The van der Waals surface area contributed by atoms with Gasteiger partial charge in [0.1, 0.15) is 5.69 Å². The van der Waals surface area contributed by atoms with E-state index in [1.54, 1.807) is 6.07 Å². The molecule has 0 aliphatic heterocycles. The van der Waals surface area contributed by atoms with E-state index in [9.17, 15) is 9.59 Å². The highest BCUT2D eigenvalue weighted by molar-refractivity contribution is 6.33. The smallest absolute Gasteiger partial charge is 0.405 e. The van der Waals surface area contributed by atoms with Gasteiger partial charge in [-0.3, -0.25) is 4.79 Å². The van der Waals surface area contributed by atoms with Gasteiger partial charge in [-0.1, -0.05) is 17.5 Å². The summed E-state index contributed by atoms with van der Waals surface area (Å²) in [5, 5.41) is 14.1. The minimum absolute atomic E-state index is 0.00676. The molecule has 0 atom stereocenters. The fourth-order valence-electron chi connectivity index (χ4n) is 5.81. The van der Waals surface area contributed by atoms with Gasteiger partial charge in [-0.05, 0) is 73.7 Å². The van der Waals surface area contributed by atoms with Gasteiger partial charge in [-0.2, -0.15) is 0 Å². The molecule has 0 spiro atoms. The van der Waals surface area contributed by atoms with Crippen molar-refractivity contribution < 1.29 is 14.7 Å². The molecule has 0 radical (unpaired) electrons. The lowest BCUT2D eigenvalue weighted by atomic mass is 9.49. The van der Waals surface area contributed by atoms with Gasteiger partial charge >= 0.3 is 6.09 Å². The summed E-state index contributed by atoms with van der Waals surface area (Å²) in [7, 11) is 0. The first kappa shape index (κ1) is 19.1. The molecule has 4 fully saturated rings. The number of pyridine rings is 1. The molecule has 0 aromatic carbocycles. The minimum Gasteiger partial charge on any atom is -0.465 e. The van der Waals surface area contributed by atoms with E-state index in [4.69, 9.17) is 16.7 Å². The van der Waals surface area contributed by atoms with E-state index in [1.165, 1.54) is 44.7 Å². The summed E-state index contributed by atoms with van der Waals surface area (Å²) in [6, 6.07) is 1.56. The molecule has 0 saturated heterocycles. The first-order chi connectivity index (χ1) is 13.4. The van der Waals surface area contributed by atoms with Crippen molar-refractivity contribution in [2.24, 2.45) is 23.2 Å². The number of amides is 2. The van der Waals surface area contributed by atoms with E-state index >= 15 is 0 Å². The van der Waals surface area contributed by atoms with Gasteiger partial charge in [-0.15, -0.1) is 0 Å². The van der Waals surface area contributed by atoms with Crippen LogP contribution in [0.1, 0.15) is 54.6 Å². The Morgan fingerprint density at radius 3 is 2.43 bits per heavy atom. The van der Waals surface area contributed by atoms with Crippen molar-refractivity contribution in [3.8, 4) is 11.8 Å². The summed E-state index contributed by atoms with van der Waals surface area (Å²) >= 11 is 6.19. The highest BCUT2D eigenvalue weighted by atomic mass is 35.5. The number of carboxylic acid groups (broad SMARTS) is 1. The molecule has 4 aliphatic carbocycles. The number of carbonyl (C=O) groups is 2. The topological polar surface area (TPSA) is 91.3 Å². The number of hydrogen-bond donors (Lipinski definition) is 3. The Labute approximate surface area is 169 Å². The van der Waals surface area contributed by atoms with Crippen molar-refractivity contribution in [1.29, 1.82) is 0 Å². The first-order valence-electron chi connectivity index (χ1n) is 9.82. The molecule has 3 N–H and O–H groups in total. The van der Waals surface area contributed by atoms with Gasteiger partial charge in [0.05, 0.1) is 17.1 Å². The second-order valence-electron chi connectivity index (χ2n) is 8.61. The molecule has 4 bridgehead atoms. The predicted molar refractivity (Wildman–Crippen MR) is 105 cm³/mol. The summed E-state index contributed by atoms with van der Waals surface area (Å²) < 4.78 is 0. The summed E-state index contributed by atoms with van der Waals surface area (Å²) in [6.45, 7) is 0.699. The van der Waals surface area contributed by atoms with Gasteiger partial charge < -0.3 is 15.7 Å². The number of nitrogens with zero attached hydrogens (tertiary/aromatic N) is 1. The third-order valence-electron chi connectivity index (χ3n) is 6.43. The zero-order valence-corrected chi connectivity index (χ0v) is 16.4. The maximum Gasteiger partial charge on any atom is 0.405 e. The molecule has 0 unspecified atom stereocenters. The van der Waals surface area contributed by atoms with Crippen LogP contribution in [0.4, 0.5) is 4.79 Å². The Balaban J connectivity index is 1.40. The zero-order chi connectivity index (χ0) is 19.7. The first-order valence-corrected chi connectivity index (χ1v) is 10.2. The Morgan fingerprint density at radius 1 is 1.18 bits per heavy atom. The van der Waals surface area contributed by atoms with Gasteiger partial charge in [0.2, 0.25) is 0 Å². The SMILES string of the molecule is O=C(O)NCC#Cc1cc(C(=O)NCC23CC4CC(CC(C4)C2)C3)c(Cl)cn1. The monoisotopic (exact) mass is 401 g/mol. The number of carbonyl (C=O) groups excluding carboxylic acids is 1. The van der Waals surface area contributed by atoms with Gasteiger partial charge in [0.25, 0.3) is 5.91 Å². The van der Waals surface area contributed by atoms with Crippen LogP contribution in [0, 0.1) is 35.0 Å². The molecular weight excluding hydrogens is 378 g/mol. The fraction of sp³-hybridized carbons (Fsp3) is 0.571. The van der Waals surface area contributed by atoms with E-state index in [2.05, 4.69) is 27.5 Å². The van der Waals surface area contributed by atoms with Crippen LogP contribution >= 0.6 is 11.6 Å². The maximum atomic E-state index is 12.8. The van der Waals surface area contributed by atoms with Crippen LogP contribution in [0.25, 0.3) is 0 Å². The van der Waals surface area contributed by atoms with Crippen molar-refractivity contribution in [2.75, 3.05) is 13.1 Å². The molecule has 28 heavy (non-hydrogen) atoms. The number of halogens is 1. The molecule has 4 aliphatic rings. The van der Waals surface area contributed by atoms with Crippen molar-refractivity contribution >= 4 is 23.6 Å². The van der Waals surface area contributed by atoms with Crippen molar-refractivity contribution in [3.63, 3.8) is 0 Å². The van der Waals surface area contributed by atoms with Crippen molar-refractivity contribution in [3.05, 3.63) is 28.5 Å². The lowest BCUT2D eigenvalue weighted by molar-refractivity contribution is -0.0503. The number of hydrogen-bond acceptors (Lipinski definition) is 3. The second-order valence-corrected chi connectivity index (χ2v) is 9.02. The van der Waals surface area contributed by atoms with Gasteiger partial charge in [0.15, 0.2) is 0 Å². The highest BCUT2D eigenvalue weighted by Crippen LogP contribution is 2.59. The van der Waals surface area contributed by atoms with E-state index in [-0.39, 0.29) is 22.9 Å². The largest absolute Gasteiger partial charge is 0.465 e. The highest BCUT2D eigenvalue weighted by Gasteiger charge is 2.50. The van der Waals surface area contributed by atoms with Crippen LogP contribution in [0.15, 0.2) is 12.3 Å². The average Bonchev–Trinajstić information content (AvgIpc) is 2.63. The zero-order valence-electron chi connectivity index (χ0n) is 15.6. The molecular formula is C21H24ClN3O3. The van der Waals surface area contributed by atoms with Crippen LogP contribution < -0.4 is 10.6 Å². The van der Waals surface area contributed by atoms with Crippen molar-refractivity contribution in [1.82, 2.24) is 15.6 Å². The van der Waals surface area contributed by atoms with Gasteiger partial charge in [-0.25, -0.2) is 9.78 Å². The van der Waals surface area contributed by atoms with Crippen LogP contribution in [-0.2, 0) is 0 Å². The molecule has 4 saturated carbocycles. The maximum absolute atomic E-state index is 12.8. The third kappa shape index (κ3) is 4.10. The molecule has 1 heterocycles. The normalized spacial score (nSPS) is 29.7. The standard InChI is InChI=1S/C21H24ClN3O3/c22-18-11-24-16(2-1-3-23-20(27)28)7-17(18)19(26)25-12-21-8-13-4-14(9-21)6-15(5-13)10-21/h7,11,13-15,23H,3-6,8-10,12H2,(H,25,26)(H,27,28). The third-order valence-corrected chi connectivity index (χ3v) is 6.73. The Morgan fingerprint density at radius 2 is 1.82 bits per heavy atom. The lowest BCUT2D eigenvalue weighted by Crippen LogP contribution is -2.51. The van der Waals surface area contributed by atoms with Crippen LogP contribution in [-0.4, -0.2) is 35.2 Å². The predicted octanol–water partition coefficient (Wildman–Crippen LogP) is 3.30. The molecule has 1 aromatic rings. The van der Waals surface area contributed by atoms with Gasteiger partial charge in [0, 0.05) is 12.7 Å².